The zero-order valence-corrected chi connectivity index (χ0v) is 7.10. The summed E-state index contributed by atoms with van der Waals surface area (Å²) in [5.74, 6) is 4.65. The number of hydrazine groups is 1. The van der Waals surface area contributed by atoms with Gasteiger partial charge in [-0.2, -0.15) is 0 Å². The van der Waals surface area contributed by atoms with Gasteiger partial charge in [-0.3, -0.25) is 5.84 Å². The van der Waals surface area contributed by atoms with E-state index in [2.05, 4.69) is 12.0 Å². The van der Waals surface area contributed by atoms with Crippen LogP contribution in [0.4, 0.5) is 0 Å². The van der Waals surface area contributed by atoms with Crippen LogP contribution in [-0.2, 0) is 9.53 Å². The van der Waals surface area contributed by atoms with Gasteiger partial charge in [0, 0.05) is 5.57 Å². The molecule has 11 heavy (non-hydrogen) atoms. The van der Waals surface area contributed by atoms with E-state index in [1.165, 1.54) is 0 Å². The van der Waals surface area contributed by atoms with E-state index >= 15 is 0 Å². The van der Waals surface area contributed by atoms with Crippen molar-refractivity contribution in [3.8, 4) is 0 Å². The molecule has 0 unspecified atom stereocenters. The van der Waals surface area contributed by atoms with E-state index < -0.39 is 11.7 Å². The molecule has 0 fully saturated rings. The highest BCUT2D eigenvalue weighted by Crippen LogP contribution is 2.05. The fraction of sp³-hybridized carbons (Fsp3) is 0.571. The maximum Gasteiger partial charge on any atom is 0.334 e. The Bertz CT molecular complexity index is 175. The molecule has 0 rings (SSSR count). The van der Waals surface area contributed by atoms with Gasteiger partial charge in [0.25, 0.3) is 0 Å². The Morgan fingerprint density at radius 3 is 2.36 bits per heavy atom. The van der Waals surface area contributed by atoms with E-state index in [-0.39, 0.29) is 0 Å². The van der Waals surface area contributed by atoms with E-state index in [0.717, 1.165) is 0 Å². The van der Waals surface area contributed by atoms with Crippen molar-refractivity contribution in [3.63, 3.8) is 0 Å². The molecule has 0 atom stereocenters. The van der Waals surface area contributed by atoms with Gasteiger partial charge in [0.15, 0.2) is 5.72 Å². The Labute approximate surface area is 66.4 Å². The molecule has 0 saturated carbocycles. The smallest absolute Gasteiger partial charge is 0.334 e. The Balaban J connectivity index is 4.04. The number of rotatable bonds is 3. The Morgan fingerprint density at radius 1 is 1.64 bits per heavy atom. The maximum atomic E-state index is 10.9. The highest BCUT2D eigenvalue weighted by atomic mass is 16.6. The van der Waals surface area contributed by atoms with E-state index in [4.69, 9.17) is 10.6 Å². The summed E-state index contributed by atoms with van der Waals surface area (Å²) in [6.45, 7) is 8.30. The van der Waals surface area contributed by atoms with E-state index in [1.807, 2.05) is 0 Å². The number of hydrogen-bond acceptors (Lipinski definition) is 4. The van der Waals surface area contributed by atoms with Gasteiger partial charge in [-0.25, -0.2) is 10.2 Å². The number of nitrogens with one attached hydrogen (secondary N) is 1. The molecule has 0 aliphatic heterocycles. The molecule has 0 aliphatic rings. The van der Waals surface area contributed by atoms with Gasteiger partial charge in [-0.05, 0) is 20.8 Å². The van der Waals surface area contributed by atoms with Gasteiger partial charge >= 0.3 is 5.97 Å². The van der Waals surface area contributed by atoms with Crippen LogP contribution in [0.25, 0.3) is 0 Å². The average Bonchev–Trinajstić information content (AvgIpc) is 1.87. The highest BCUT2D eigenvalue weighted by Gasteiger charge is 2.20. The molecule has 3 N–H and O–H groups in total. The van der Waals surface area contributed by atoms with Crippen LogP contribution in [0.5, 0.6) is 0 Å². The van der Waals surface area contributed by atoms with Crippen molar-refractivity contribution >= 4 is 5.97 Å². The molecular formula is C7H14N2O2. The summed E-state index contributed by atoms with van der Waals surface area (Å²) in [5.41, 5.74) is 1.86. The zero-order valence-electron chi connectivity index (χ0n) is 7.10. The molecule has 0 radical (unpaired) electrons. The lowest BCUT2D eigenvalue weighted by Gasteiger charge is -2.23. The second-order valence-corrected chi connectivity index (χ2v) is 2.82. The van der Waals surface area contributed by atoms with E-state index in [9.17, 15) is 4.79 Å². The molecule has 0 aromatic rings. The first-order chi connectivity index (χ1) is 4.89. The number of esters is 1. The minimum atomic E-state index is -0.837. The first-order valence-corrected chi connectivity index (χ1v) is 3.25. The van der Waals surface area contributed by atoms with Crippen LogP contribution in [-0.4, -0.2) is 11.7 Å². The Hall–Kier alpha value is -0.870. The third-order valence-corrected chi connectivity index (χ3v) is 1.04. The van der Waals surface area contributed by atoms with E-state index in [1.54, 1.807) is 20.8 Å². The summed E-state index contributed by atoms with van der Waals surface area (Å²) >= 11 is 0. The SMILES string of the molecule is C=C(C)C(=O)OC(C)(C)NN. The van der Waals surface area contributed by atoms with Gasteiger partial charge in [0.05, 0.1) is 0 Å². The zero-order chi connectivity index (χ0) is 9.07. The van der Waals surface area contributed by atoms with Crippen molar-refractivity contribution < 1.29 is 9.53 Å². The normalized spacial score (nSPS) is 10.9. The largest absolute Gasteiger partial charge is 0.440 e. The van der Waals surface area contributed by atoms with Crippen molar-refractivity contribution in [1.82, 2.24) is 5.43 Å². The fourth-order valence-electron chi connectivity index (χ4n) is 0.348. The molecule has 4 heteroatoms. The van der Waals surface area contributed by atoms with Gasteiger partial charge in [0.1, 0.15) is 0 Å². The first kappa shape index (κ1) is 10.1. The third kappa shape index (κ3) is 3.75. The summed E-state index contributed by atoms with van der Waals surface area (Å²) < 4.78 is 4.87. The Kier molecular flexibility index (Phi) is 3.22. The first-order valence-electron chi connectivity index (χ1n) is 3.25. The topological polar surface area (TPSA) is 64.3 Å². The van der Waals surface area contributed by atoms with Crippen molar-refractivity contribution in [2.24, 2.45) is 5.84 Å². The molecule has 0 aliphatic carbocycles. The lowest BCUT2D eigenvalue weighted by atomic mass is 10.3. The number of carbonyl (C=O) groups excluding carboxylic acids is 1. The monoisotopic (exact) mass is 158 g/mol. The van der Waals surface area contributed by atoms with Crippen LogP contribution in [0.2, 0.25) is 0 Å². The second-order valence-electron chi connectivity index (χ2n) is 2.82. The lowest BCUT2D eigenvalue weighted by Crippen LogP contribution is -2.47. The Morgan fingerprint density at radius 2 is 2.09 bits per heavy atom. The fourth-order valence-corrected chi connectivity index (χ4v) is 0.348. The third-order valence-electron chi connectivity index (χ3n) is 1.04. The molecular weight excluding hydrogens is 144 g/mol. The van der Waals surface area contributed by atoms with Crippen LogP contribution >= 0.6 is 0 Å². The van der Waals surface area contributed by atoms with Crippen molar-refractivity contribution in [2.75, 3.05) is 0 Å². The van der Waals surface area contributed by atoms with Crippen molar-refractivity contribution in [2.45, 2.75) is 26.5 Å². The molecule has 0 aromatic heterocycles. The minimum Gasteiger partial charge on any atom is -0.440 e. The minimum absolute atomic E-state index is 0.355. The quantitative estimate of drug-likeness (QED) is 0.204. The second kappa shape index (κ2) is 3.50. The molecule has 0 amide bonds. The van der Waals surface area contributed by atoms with E-state index in [0.29, 0.717) is 5.57 Å². The van der Waals surface area contributed by atoms with Gasteiger partial charge in [0.2, 0.25) is 0 Å². The standard InChI is InChI=1S/C7H14N2O2/c1-5(2)6(10)11-7(3,4)9-8/h9H,1,8H2,2-4H3. The summed E-state index contributed by atoms with van der Waals surface area (Å²) in [4.78, 5) is 10.9. The summed E-state index contributed by atoms with van der Waals surface area (Å²) in [7, 11) is 0. The summed E-state index contributed by atoms with van der Waals surface area (Å²) in [6, 6.07) is 0. The molecule has 0 bridgehead atoms. The predicted molar refractivity (Wildman–Crippen MR) is 42.3 cm³/mol. The number of carbonyl (C=O) groups is 1. The maximum absolute atomic E-state index is 10.9. The van der Waals surface area contributed by atoms with Gasteiger partial charge < -0.3 is 4.74 Å². The molecule has 4 nitrogen and oxygen atoms in total. The van der Waals surface area contributed by atoms with Crippen LogP contribution in [0.1, 0.15) is 20.8 Å². The lowest BCUT2D eigenvalue weighted by molar-refractivity contribution is -0.154. The van der Waals surface area contributed by atoms with Crippen LogP contribution in [0.3, 0.4) is 0 Å². The highest BCUT2D eigenvalue weighted by molar-refractivity contribution is 5.87. The number of ether oxygens (including phenoxy) is 1. The molecule has 0 heterocycles. The molecule has 64 valence electrons. The van der Waals surface area contributed by atoms with Gasteiger partial charge in [-0.15, -0.1) is 0 Å². The molecule has 0 aromatic carbocycles. The van der Waals surface area contributed by atoms with Crippen LogP contribution in [0.15, 0.2) is 12.2 Å². The molecule has 0 saturated heterocycles. The summed E-state index contributed by atoms with van der Waals surface area (Å²) in [5, 5.41) is 0. The van der Waals surface area contributed by atoms with Gasteiger partial charge in [-0.1, -0.05) is 6.58 Å². The van der Waals surface area contributed by atoms with Crippen LogP contribution < -0.4 is 11.3 Å². The van der Waals surface area contributed by atoms with Crippen molar-refractivity contribution in [3.05, 3.63) is 12.2 Å². The summed E-state index contributed by atoms with van der Waals surface area (Å²) in [6.07, 6.45) is 0. The van der Waals surface area contributed by atoms with Crippen molar-refractivity contribution in [1.29, 1.82) is 0 Å². The molecule has 0 spiro atoms. The number of nitrogens with two attached hydrogens (primary N) is 1. The average molecular weight is 158 g/mol. The number of hydrogen-bond donors (Lipinski definition) is 2. The van der Waals surface area contributed by atoms with Crippen LogP contribution in [0, 0.1) is 0 Å². The predicted octanol–water partition coefficient (Wildman–Crippen LogP) is 0.305.